The molecule has 45 heavy (non-hydrogen) atoms. The van der Waals surface area contributed by atoms with Crippen LogP contribution in [0.5, 0.6) is 23.0 Å². The minimum atomic E-state index is -6.59. The molecule has 15 heteroatoms. The summed E-state index contributed by atoms with van der Waals surface area (Å²) in [5, 5.41) is 0. The van der Waals surface area contributed by atoms with Crippen molar-refractivity contribution in [1.82, 2.24) is 0 Å². The van der Waals surface area contributed by atoms with Crippen molar-refractivity contribution >= 4 is 34.5 Å². The number of rotatable bonds is 10. The van der Waals surface area contributed by atoms with Crippen LogP contribution in [0.15, 0.2) is 60.7 Å². The zero-order valence-corrected chi connectivity index (χ0v) is 27.0. The molecule has 0 fully saturated rings. The van der Waals surface area contributed by atoms with Crippen LogP contribution in [0, 0.1) is 46.5 Å². The van der Waals surface area contributed by atoms with Crippen molar-refractivity contribution in [3.63, 3.8) is 0 Å². The molecule has 0 radical (unpaired) electrons. The number of carbonyl (C=O) groups is 2. The number of carbonyl (C=O) groups excluding carboxylic acids is 2. The summed E-state index contributed by atoms with van der Waals surface area (Å²) in [4.78, 5) is 28.1. The average Bonchev–Trinajstić information content (AvgIpc) is 3.05. The van der Waals surface area contributed by atoms with Gasteiger partial charge in [-0.3, -0.25) is 0 Å². The molecule has 0 spiro atoms. The molecule has 4 aromatic carbocycles. The number of hydrogen-bond donors (Lipinski definition) is 0. The summed E-state index contributed by atoms with van der Waals surface area (Å²) in [7, 11) is 0. The van der Waals surface area contributed by atoms with E-state index in [4.69, 9.17) is 9.47 Å². The molecule has 0 aliphatic carbocycles. The first-order valence-electron chi connectivity index (χ1n) is 13.0. The van der Waals surface area contributed by atoms with Gasteiger partial charge in [0.05, 0.1) is 0 Å². The van der Waals surface area contributed by atoms with Crippen LogP contribution >= 0.6 is 0 Å². The van der Waals surface area contributed by atoms with Crippen molar-refractivity contribution in [3.8, 4) is 23.0 Å². The van der Waals surface area contributed by atoms with Crippen LogP contribution in [0.3, 0.4) is 0 Å². The summed E-state index contributed by atoms with van der Waals surface area (Å²) in [6.07, 6.45) is 0. The Morgan fingerprint density at radius 3 is 1.02 bits per heavy atom. The predicted molar refractivity (Wildman–Crippen MR) is 145 cm³/mol. The van der Waals surface area contributed by atoms with Gasteiger partial charge >= 0.3 is 255 Å². The first-order valence-corrected chi connectivity index (χ1v) is 20.7. The van der Waals surface area contributed by atoms with Crippen molar-refractivity contribution in [3.05, 3.63) is 107 Å². The Morgan fingerprint density at radius 1 is 0.489 bits per heavy atom. The first kappa shape index (κ1) is 33.7. The van der Waals surface area contributed by atoms with Crippen molar-refractivity contribution in [2.45, 2.75) is 13.8 Å². The van der Waals surface area contributed by atoms with Gasteiger partial charge < -0.3 is 0 Å². The molecule has 0 aliphatic rings. The van der Waals surface area contributed by atoms with Gasteiger partial charge in [0.1, 0.15) is 0 Å². The molecule has 0 heterocycles. The van der Waals surface area contributed by atoms with E-state index in [9.17, 15) is 44.7 Å². The van der Waals surface area contributed by atoms with E-state index in [1.54, 1.807) is 0 Å². The molecule has 4 rings (SSSR count). The number of hydrogen-bond acceptors (Lipinski definition) is 6. The molecule has 0 aromatic heterocycles. The quantitative estimate of drug-likeness (QED) is 0.101. The molecule has 0 saturated heterocycles. The van der Waals surface area contributed by atoms with E-state index in [-0.39, 0.29) is 6.25 Å². The van der Waals surface area contributed by atoms with Gasteiger partial charge in [0.2, 0.25) is 0 Å². The number of halogens is 8. The Hall–Kier alpha value is -4.22. The Balaban J connectivity index is 1.97. The molecule has 0 amide bonds. The second-order valence-corrected chi connectivity index (χ2v) is 22.4. The molecule has 0 N–H and O–H groups in total. The van der Waals surface area contributed by atoms with Gasteiger partial charge in [-0.25, -0.2) is 0 Å². The zero-order chi connectivity index (χ0) is 33.1. The minimum absolute atomic E-state index is 0.202. The van der Waals surface area contributed by atoms with Gasteiger partial charge in [-0.15, -0.1) is 0 Å². The van der Waals surface area contributed by atoms with Crippen LogP contribution < -0.4 is 25.2 Å². The Bertz CT molecular complexity index is 1570. The molecular weight excluding hydrogens is 816 g/mol. The van der Waals surface area contributed by atoms with Crippen LogP contribution in [0.25, 0.3) is 0 Å². The fourth-order valence-electron chi connectivity index (χ4n) is 4.34. The van der Waals surface area contributed by atoms with E-state index in [1.165, 1.54) is 74.5 Å². The van der Waals surface area contributed by atoms with E-state index >= 15 is 0 Å². The Kier molecular flexibility index (Phi) is 10.3. The van der Waals surface area contributed by atoms with Gasteiger partial charge in [-0.2, -0.15) is 0 Å². The van der Waals surface area contributed by atoms with E-state index < -0.39 is 111 Å². The van der Waals surface area contributed by atoms with E-state index in [0.29, 0.717) is 0 Å². The summed E-state index contributed by atoms with van der Waals surface area (Å²) in [6, 6.07) is 12.9. The van der Waals surface area contributed by atoms with Gasteiger partial charge in [0.15, 0.2) is 0 Å². The summed E-state index contributed by atoms with van der Waals surface area (Å²) < 4.78 is 134. The van der Waals surface area contributed by atoms with Crippen LogP contribution in [-0.2, 0) is 0 Å². The van der Waals surface area contributed by atoms with E-state index in [1.807, 2.05) is 0 Å². The van der Waals surface area contributed by atoms with Crippen molar-refractivity contribution in [2.24, 2.45) is 0 Å². The molecular formula is C30H20F8O6Pb. The monoisotopic (exact) mass is 836 g/mol. The van der Waals surface area contributed by atoms with Gasteiger partial charge in [-0.05, 0) is 0 Å². The summed E-state index contributed by atoms with van der Waals surface area (Å²) in [5.41, 5.74) is 0. The van der Waals surface area contributed by atoms with E-state index in [2.05, 4.69) is 9.47 Å². The fraction of sp³-hybridized carbons (Fsp3) is 0.133. The first-order chi connectivity index (χ1) is 21.4. The van der Waals surface area contributed by atoms with Crippen molar-refractivity contribution in [1.29, 1.82) is 0 Å². The van der Waals surface area contributed by atoms with Gasteiger partial charge in [-0.1, -0.05) is 0 Å². The average molecular weight is 836 g/mol. The topological polar surface area (TPSA) is 71.1 Å². The summed E-state index contributed by atoms with van der Waals surface area (Å²) in [6.45, 7) is 1.73. The normalized spacial score (nSPS) is 11.2. The third-order valence-electron chi connectivity index (χ3n) is 6.36. The van der Waals surface area contributed by atoms with Crippen LogP contribution in [0.4, 0.5) is 44.7 Å². The summed E-state index contributed by atoms with van der Waals surface area (Å²) in [5.74, 6) is -23.7. The Labute approximate surface area is 254 Å². The van der Waals surface area contributed by atoms with Gasteiger partial charge in [0, 0.05) is 0 Å². The van der Waals surface area contributed by atoms with Crippen LogP contribution in [0.1, 0.15) is 13.8 Å². The van der Waals surface area contributed by atoms with E-state index in [0.717, 1.165) is 0 Å². The third kappa shape index (κ3) is 5.94. The Morgan fingerprint density at radius 2 is 0.756 bits per heavy atom. The third-order valence-corrected chi connectivity index (χ3v) is 21.2. The molecule has 0 unspecified atom stereocenters. The zero-order valence-electron chi connectivity index (χ0n) is 23.2. The van der Waals surface area contributed by atoms with Crippen LogP contribution in [-0.4, -0.2) is 41.4 Å². The molecule has 4 aromatic rings. The molecule has 236 valence electrons. The standard InChI is InChI=1S/2C9H5F4O3.2C6H5.Pb/c2*1-2-15-8-4(10)6(12)9(16-3-14)7(13)5(8)11;2*1-2-4-6-5-3-1;/h2*2H2,1H3;2*1-5H;. The fourth-order valence-corrected chi connectivity index (χ4v) is 17.3. The van der Waals surface area contributed by atoms with Gasteiger partial charge in [0.25, 0.3) is 0 Å². The maximum atomic E-state index is 15.0. The van der Waals surface area contributed by atoms with Crippen molar-refractivity contribution in [2.75, 3.05) is 13.2 Å². The van der Waals surface area contributed by atoms with Crippen molar-refractivity contribution < 1.29 is 63.7 Å². The SMILES string of the molecule is CCOc1c(F)c(F)c(O[C](=O)[Pb]([C](=O)Oc2c(F)c(F)c(OCC)c(F)c2F)([c]2ccccc2)[c]2ccccc2)c(F)c1F. The number of ether oxygens (including phenoxy) is 4. The maximum absolute atomic E-state index is 15.0. The second kappa shape index (κ2) is 13.8. The van der Waals surface area contributed by atoms with Crippen LogP contribution in [0.2, 0.25) is 0 Å². The molecule has 0 aliphatic heterocycles. The molecule has 0 saturated carbocycles. The molecule has 6 nitrogen and oxygen atoms in total. The second-order valence-electron chi connectivity index (χ2n) is 8.96. The molecule has 0 atom stereocenters. The predicted octanol–water partition coefficient (Wildman–Crippen LogP) is 6.72. The number of benzene rings is 4. The molecule has 0 bridgehead atoms. The summed E-state index contributed by atoms with van der Waals surface area (Å²) >= 11 is -6.59.